The molecular formula is C12H15FN2. The van der Waals surface area contributed by atoms with E-state index in [0.29, 0.717) is 6.04 Å². The molecule has 0 aliphatic carbocycles. The molecular weight excluding hydrogens is 191 g/mol. The van der Waals surface area contributed by atoms with Gasteiger partial charge in [0.2, 0.25) is 0 Å². The molecule has 0 aromatic heterocycles. The van der Waals surface area contributed by atoms with Crippen LogP contribution in [0.5, 0.6) is 0 Å². The summed E-state index contributed by atoms with van der Waals surface area (Å²) in [5.41, 5.74) is 8.32. The van der Waals surface area contributed by atoms with Crippen LogP contribution in [-0.2, 0) is 6.42 Å². The predicted octanol–water partition coefficient (Wildman–Crippen LogP) is 2.03. The molecule has 1 saturated heterocycles. The van der Waals surface area contributed by atoms with Crippen LogP contribution in [0.15, 0.2) is 18.2 Å². The van der Waals surface area contributed by atoms with Crippen molar-refractivity contribution in [1.82, 2.24) is 0 Å². The first kappa shape index (κ1) is 9.16. The number of hydrogen-bond acceptors (Lipinski definition) is 2. The highest BCUT2D eigenvalue weighted by atomic mass is 19.1. The summed E-state index contributed by atoms with van der Waals surface area (Å²) < 4.78 is 13.2. The molecule has 80 valence electrons. The first-order valence-corrected chi connectivity index (χ1v) is 5.58. The number of hydrogen-bond donors (Lipinski definition) is 1. The molecule has 1 aromatic carbocycles. The Labute approximate surface area is 88.9 Å². The standard InChI is InChI=1S/C12H15FN2/c13-9-3-1-8-2-4-10-5-6-12(14)15(10)11(8)7-9/h1,3,7,10,12H,2,4-6,14H2. The largest absolute Gasteiger partial charge is 0.353 e. The van der Waals surface area contributed by atoms with Crippen LogP contribution in [0.4, 0.5) is 10.1 Å². The Morgan fingerprint density at radius 1 is 1.27 bits per heavy atom. The van der Waals surface area contributed by atoms with Crippen LogP contribution in [0.3, 0.4) is 0 Å². The summed E-state index contributed by atoms with van der Waals surface area (Å²) in [4.78, 5) is 2.21. The van der Waals surface area contributed by atoms with Gasteiger partial charge in [0.1, 0.15) is 5.82 Å². The SMILES string of the molecule is NC1CCC2CCc3ccc(F)cc3N12. The Bertz CT molecular complexity index is 391. The lowest BCUT2D eigenvalue weighted by Crippen LogP contribution is -2.44. The van der Waals surface area contributed by atoms with Gasteiger partial charge in [-0.15, -0.1) is 0 Å². The Kier molecular flexibility index (Phi) is 1.96. The second-order valence-corrected chi connectivity index (χ2v) is 4.52. The zero-order valence-corrected chi connectivity index (χ0v) is 8.62. The van der Waals surface area contributed by atoms with E-state index in [0.717, 1.165) is 31.4 Å². The van der Waals surface area contributed by atoms with E-state index in [-0.39, 0.29) is 12.0 Å². The van der Waals surface area contributed by atoms with E-state index in [1.165, 1.54) is 5.56 Å². The van der Waals surface area contributed by atoms with Crippen molar-refractivity contribution >= 4 is 5.69 Å². The minimum Gasteiger partial charge on any atom is -0.353 e. The first-order valence-electron chi connectivity index (χ1n) is 5.58. The third-order valence-corrected chi connectivity index (χ3v) is 3.62. The van der Waals surface area contributed by atoms with E-state index in [4.69, 9.17) is 5.73 Å². The number of nitrogens with zero attached hydrogens (tertiary/aromatic N) is 1. The second-order valence-electron chi connectivity index (χ2n) is 4.52. The minimum absolute atomic E-state index is 0.0795. The number of aryl methyl sites for hydroxylation is 1. The maximum Gasteiger partial charge on any atom is 0.125 e. The molecule has 0 spiro atoms. The lowest BCUT2D eigenvalue weighted by molar-refractivity contribution is 0.558. The number of rotatable bonds is 0. The molecule has 0 amide bonds. The molecule has 2 N–H and O–H groups in total. The Morgan fingerprint density at radius 2 is 2.13 bits per heavy atom. The van der Waals surface area contributed by atoms with Crippen molar-refractivity contribution < 1.29 is 4.39 Å². The summed E-state index contributed by atoms with van der Waals surface area (Å²) in [5.74, 6) is -0.159. The summed E-state index contributed by atoms with van der Waals surface area (Å²) >= 11 is 0. The zero-order valence-electron chi connectivity index (χ0n) is 8.62. The van der Waals surface area contributed by atoms with Crippen LogP contribution < -0.4 is 10.6 Å². The fraction of sp³-hybridized carbons (Fsp3) is 0.500. The quantitative estimate of drug-likeness (QED) is 0.703. The number of benzene rings is 1. The number of anilines is 1. The van der Waals surface area contributed by atoms with Crippen molar-refractivity contribution in [1.29, 1.82) is 0 Å². The second kappa shape index (κ2) is 3.20. The Balaban J connectivity index is 2.08. The van der Waals surface area contributed by atoms with Crippen molar-refractivity contribution in [3.05, 3.63) is 29.6 Å². The molecule has 2 heterocycles. The molecule has 1 aromatic rings. The molecule has 3 heteroatoms. The lowest BCUT2D eigenvalue weighted by atomic mass is 9.96. The molecule has 15 heavy (non-hydrogen) atoms. The monoisotopic (exact) mass is 206 g/mol. The maximum absolute atomic E-state index is 13.2. The van der Waals surface area contributed by atoms with Crippen molar-refractivity contribution in [2.24, 2.45) is 5.73 Å². The number of nitrogens with two attached hydrogens (primary N) is 1. The average molecular weight is 206 g/mol. The van der Waals surface area contributed by atoms with Crippen LogP contribution in [0.1, 0.15) is 24.8 Å². The molecule has 0 radical (unpaired) electrons. The fourth-order valence-electron chi connectivity index (χ4n) is 2.88. The van der Waals surface area contributed by atoms with Crippen LogP contribution in [0.2, 0.25) is 0 Å². The van der Waals surface area contributed by atoms with E-state index in [9.17, 15) is 4.39 Å². The van der Waals surface area contributed by atoms with E-state index < -0.39 is 0 Å². The molecule has 2 unspecified atom stereocenters. The summed E-state index contributed by atoms with van der Waals surface area (Å²) in [6.07, 6.45) is 4.48. The molecule has 2 aliphatic rings. The first-order chi connectivity index (χ1) is 7.25. The van der Waals surface area contributed by atoms with Gasteiger partial charge in [0.25, 0.3) is 0 Å². The van der Waals surface area contributed by atoms with Crippen molar-refractivity contribution in [2.75, 3.05) is 4.90 Å². The van der Waals surface area contributed by atoms with Crippen molar-refractivity contribution in [3.8, 4) is 0 Å². The third-order valence-electron chi connectivity index (χ3n) is 3.62. The third kappa shape index (κ3) is 1.34. The van der Waals surface area contributed by atoms with Gasteiger partial charge in [-0.1, -0.05) is 6.07 Å². The van der Waals surface area contributed by atoms with Crippen molar-refractivity contribution in [3.63, 3.8) is 0 Å². The summed E-state index contributed by atoms with van der Waals surface area (Å²) in [7, 11) is 0. The van der Waals surface area contributed by atoms with E-state index in [1.54, 1.807) is 12.1 Å². The van der Waals surface area contributed by atoms with E-state index >= 15 is 0 Å². The van der Waals surface area contributed by atoms with E-state index in [2.05, 4.69) is 4.90 Å². The highest BCUT2D eigenvalue weighted by molar-refractivity contribution is 5.58. The van der Waals surface area contributed by atoms with Gasteiger partial charge < -0.3 is 10.6 Å². The smallest absolute Gasteiger partial charge is 0.125 e. The lowest BCUT2D eigenvalue weighted by Gasteiger charge is -2.36. The Morgan fingerprint density at radius 3 is 3.00 bits per heavy atom. The van der Waals surface area contributed by atoms with E-state index in [1.807, 2.05) is 6.07 Å². The fourth-order valence-corrected chi connectivity index (χ4v) is 2.88. The van der Waals surface area contributed by atoms with Gasteiger partial charge in [0.05, 0.1) is 6.17 Å². The summed E-state index contributed by atoms with van der Waals surface area (Å²) in [6, 6.07) is 5.61. The molecule has 0 saturated carbocycles. The zero-order chi connectivity index (χ0) is 10.4. The highest BCUT2D eigenvalue weighted by Gasteiger charge is 2.35. The predicted molar refractivity (Wildman–Crippen MR) is 58.2 cm³/mol. The van der Waals surface area contributed by atoms with Gasteiger partial charge in [0, 0.05) is 11.7 Å². The van der Waals surface area contributed by atoms with Gasteiger partial charge >= 0.3 is 0 Å². The molecule has 0 bridgehead atoms. The minimum atomic E-state index is -0.159. The summed E-state index contributed by atoms with van der Waals surface area (Å²) in [5, 5.41) is 0. The van der Waals surface area contributed by atoms with Gasteiger partial charge in [-0.2, -0.15) is 0 Å². The van der Waals surface area contributed by atoms with Crippen LogP contribution in [0, 0.1) is 5.82 Å². The van der Waals surface area contributed by atoms with Crippen LogP contribution in [0.25, 0.3) is 0 Å². The van der Waals surface area contributed by atoms with Gasteiger partial charge in [-0.3, -0.25) is 0 Å². The van der Waals surface area contributed by atoms with Crippen LogP contribution in [-0.4, -0.2) is 12.2 Å². The molecule has 1 fully saturated rings. The number of halogens is 1. The average Bonchev–Trinajstić information content (AvgIpc) is 2.60. The Hall–Kier alpha value is -1.09. The summed E-state index contributed by atoms with van der Waals surface area (Å²) in [6.45, 7) is 0. The molecule has 2 nitrogen and oxygen atoms in total. The van der Waals surface area contributed by atoms with Crippen molar-refractivity contribution in [2.45, 2.75) is 37.9 Å². The molecule has 2 aliphatic heterocycles. The highest BCUT2D eigenvalue weighted by Crippen LogP contribution is 2.38. The molecule has 3 rings (SSSR count). The van der Waals surface area contributed by atoms with Gasteiger partial charge in [-0.05, 0) is 43.4 Å². The molecule has 2 atom stereocenters. The topological polar surface area (TPSA) is 29.3 Å². The maximum atomic E-state index is 13.2. The number of fused-ring (bicyclic) bond motifs is 3. The van der Waals surface area contributed by atoms with Gasteiger partial charge in [-0.25, -0.2) is 4.39 Å². The van der Waals surface area contributed by atoms with Crippen LogP contribution >= 0.6 is 0 Å². The van der Waals surface area contributed by atoms with Gasteiger partial charge in [0.15, 0.2) is 0 Å². The normalized spacial score (nSPS) is 28.8.